The number of nitrogens with one attached hydrogen (secondary N) is 1. The molecule has 0 unspecified atom stereocenters. The van der Waals surface area contributed by atoms with Gasteiger partial charge in [-0.05, 0) is 6.42 Å². The molecule has 1 rings (SSSR count). The Morgan fingerprint density at radius 3 is 2.60 bits per heavy atom. The summed E-state index contributed by atoms with van der Waals surface area (Å²) in [7, 11) is 1.57. The second kappa shape index (κ2) is 5.09. The van der Waals surface area contributed by atoms with Gasteiger partial charge in [-0.3, -0.25) is 9.59 Å². The van der Waals surface area contributed by atoms with Crippen molar-refractivity contribution >= 4 is 11.9 Å². The molecule has 0 atom stereocenters. The van der Waals surface area contributed by atoms with Crippen molar-refractivity contribution in [2.24, 2.45) is 5.41 Å². The largest absolute Gasteiger partial charge is 0.480 e. The molecule has 6 nitrogen and oxygen atoms in total. The van der Waals surface area contributed by atoms with Gasteiger partial charge in [0.1, 0.15) is 0 Å². The molecule has 1 heterocycles. The highest BCUT2D eigenvalue weighted by Crippen LogP contribution is 2.27. The van der Waals surface area contributed by atoms with Gasteiger partial charge in [-0.1, -0.05) is 0 Å². The summed E-state index contributed by atoms with van der Waals surface area (Å²) < 4.78 is 9.59. The van der Waals surface area contributed by atoms with E-state index in [2.05, 4.69) is 5.32 Å². The van der Waals surface area contributed by atoms with Gasteiger partial charge in [0.05, 0.1) is 13.2 Å². The quantitative estimate of drug-likeness (QED) is 0.451. The summed E-state index contributed by atoms with van der Waals surface area (Å²) in [5, 5.41) is 11.5. The Hall–Kier alpha value is -1.14. The van der Waals surface area contributed by atoms with Crippen LogP contribution in [-0.4, -0.2) is 50.5 Å². The zero-order chi connectivity index (χ0) is 11.3. The molecule has 0 radical (unpaired) electrons. The number of ether oxygens (including phenoxy) is 2. The Morgan fingerprint density at radius 2 is 2.20 bits per heavy atom. The first-order valence-corrected chi connectivity index (χ1v) is 4.72. The zero-order valence-electron chi connectivity index (χ0n) is 8.62. The average Bonchev–Trinajstić information content (AvgIpc) is 2.10. The summed E-state index contributed by atoms with van der Waals surface area (Å²) in [6, 6.07) is 0. The number of aliphatic carboxylic acids is 1. The molecule has 0 aromatic carbocycles. The third kappa shape index (κ3) is 2.45. The van der Waals surface area contributed by atoms with Crippen LogP contribution in [0, 0.1) is 5.41 Å². The normalized spacial score (nSPS) is 17.9. The molecule has 0 aromatic heterocycles. The number of rotatable bonds is 6. The summed E-state index contributed by atoms with van der Waals surface area (Å²) in [6.45, 7) is 0.870. The maximum absolute atomic E-state index is 11.5. The fourth-order valence-electron chi connectivity index (χ4n) is 1.25. The zero-order valence-corrected chi connectivity index (χ0v) is 8.62. The van der Waals surface area contributed by atoms with E-state index in [-0.39, 0.29) is 13.2 Å². The van der Waals surface area contributed by atoms with Crippen molar-refractivity contribution in [1.29, 1.82) is 0 Å². The first-order chi connectivity index (χ1) is 7.13. The summed E-state index contributed by atoms with van der Waals surface area (Å²) in [4.78, 5) is 22.4. The monoisotopic (exact) mass is 217 g/mol. The van der Waals surface area contributed by atoms with Crippen molar-refractivity contribution in [2.75, 3.05) is 33.5 Å². The fraction of sp³-hybridized carbons (Fsp3) is 0.778. The second-order valence-corrected chi connectivity index (χ2v) is 3.48. The number of carbonyl (C=O) groups excluding carboxylic acids is 1. The number of carboxylic acid groups (broad SMARTS) is 1. The molecule has 0 saturated carbocycles. The highest BCUT2D eigenvalue weighted by Gasteiger charge is 2.53. The van der Waals surface area contributed by atoms with E-state index in [9.17, 15) is 9.59 Å². The predicted molar refractivity (Wildman–Crippen MR) is 50.4 cm³/mol. The maximum atomic E-state index is 11.5. The van der Waals surface area contributed by atoms with Gasteiger partial charge in [0, 0.05) is 20.3 Å². The summed E-state index contributed by atoms with van der Waals surface area (Å²) >= 11 is 0. The molecule has 0 bridgehead atoms. The average molecular weight is 217 g/mol. The minimum atomic E-state index is -1.37. The number of carbonyl (C=O) groups is 2. The molecule has 15 heavy (non-hydrogen) atoms. The highest BCUT2D eigenvalue weighted by atomic mass is 16.5. The Bertz CT molecular complexity index is 249. The molecule has 1 aliphatic rings. The summed E-state index contributed by atoms with van der Waals surface area (Å²) in [6.07, 6.45) is 0.665. The number of amides is 1. The van der Waals surface area contributed by atoms with Crippen LogP contribution in [0.2, 0.25) is 0 Å². The van der Waals surface area contributed by atoms with Crippen LogP contribution in [0.1, 0.15) is 6.42 Å². The lowest BCUT2D eigenvalue weighted by Crippen LogP contribution is -2.59. The van der Waals surface area contributed by atoms with Crippen molar-refractivity contribution in [3.8, 4) is 0 Å². The smallest absolute Gasteiger partial charge is 0.324 e. The minimum Gasteiger partial charge on any atom is -0.480 e. The molecular weight excluding hydrogens is 202 g/mol. The molecule has 86 valence electrons. The molecule has 6 heteroatoms. The molecule has 1 saturated heterocycles. The minimum absolute atomic E-state index is 0.0432. The van der Waals surface area contributed by atoms with Crippen LogP contribution in [0.4, 0.5) is 0 Å². The molecule has 2 N–H and O–H groups in total. The Balaban J connectivity index is 2.35. The van der Waals surface area contributed by atoms with Crippen molar-refractivity contribution < 1.29 is 24.2 Å². The van der Waals surface area contributed by atoms with E-state index in [1.807, 2.05) is 0 Å². The van der Waals surface area contributed by atoms with Gasteiger partial charge in [0.15, 0.2) is 5.41 Å². The number of hydrogen-bond donors (Lipinski definition) is 2. The molecule has 0 spiro atoms. The lowest BCUT2D eigenvalue weighted by Gasteiger charge is -2.35. The van der Waals surface area contributed by atoms with E-state index in [1.165, 1.54) is 0 Å². The third-order valence-corrected chi connectivity index (χ3v) is 2.35. The maximum Gasteiger partial charge on any atom is 0.324 e. The van der Waals surface area contributed by atoms with Crippen LogP contribution in [0.25, 0.3) is 0 Å². The van der Waals surface area contributed by atoms with Crippen molar-refractivity contribution in [2.45, 2.75) is 6.42 Å². The van der Waals surface area contributed by atoms with Crippen LogP contribution in [0.15, 0.2) is 0 Å². The van der Waals surface area contributed by atoms with E-state index >= 15 is 0 Å². The van der Waals surface area contributed by atoms with Crippen LogP contribution < -0.4 is 5.32 Å². The van der Waals surface area contributed by atoms with Crippen LogP contribution >= 0.6 is 0 Å². The van der Waals surface area contributed by atoms with E-state index in [0.717, 1.165) is 0 Å². The number of hydrogen-bond acceptors (Lipinski definition) is 4. The SMILES string of the molecule is COCCCNC(=O)C1(C(=O)O)COC1. The molecule has 0 aromatic rings. The van der Waals surface area contributed by atoms with Crippen molar-refractivity contribution in [3.63, 3.8) is 0 Å². The number of methoxy groups -OCH3 is 1. The predicted octanol–water partition coefficient (Wildman–Crippen LogP) is -0.760. The first kappa shape index (κ1) is 11.9. The Morgan fingerprint density at radius 1 is 1.53 bits per heavy atom. The van der Waals surface area contributed by atoms with E-state index in [4.69, 9.17) is 14.6 Å². The topological polar surface area (TPSA) is 84.9 Å². The molecular formula is C9H15NO5. The molecule has 1 fully saturated rings. The van der Waals surface area contributed by atoms with Gasteiger partial charge < -0.3 is 19.9 Å². The van der Waals surface area contributed by atoms with Gasteiger partial charge >= 0.3 is 5.97 Å². The van der Waals surface area contributed by atoms with Gasteiger partial charge in [0.25, 0.3) is 0 Å². The van der Waals surface area contributed by atoms with E-state index < -0.39 is 17.3 Å². The van der Waals surface area contributed by atoms with Gasteiger partial charge in [0.2, 0.25) is 5.91 Å². The molecule has 0 aliphatic carbocycles. The summed E-state index contributed by atoms with van der Waals surface area (Å²) in [5.74, 6) is -1.60. The molecule has 1 aliphatic heterocycles. The van der Waals surface area contributed by atoms with Crippen molar-refractivity contribution in [3.05, 3.63) is 0 Å². The Kier molecular flexibility index (Phi) is 4.05. The standard InChI is InChI=1S/C9H15NO5/c1-14-4-2-3-10-7(11)9(8(12)13)5-15-6-9/h2-6H2,1H3,(H,10,11)(H,12,13). The highest BCUT2D eigenvalue weighted by molar-refractivity contribution is 6.03. The number of carboxylic acids is 1. The van der Waals surface area contributed by atoms with Gasteiger partial charge in [-0.25, -0.2) is 0 Å². The van der Waals surface area contributed by atoms with Crippen LogP contribution in [0.5, 0.6) is 0 Å². The van der Waals surface area contributed by atoms with Crippen LogP contribution in [-0.2, 0) is 19.1 Å². The van der Waals surface area contributed by atoms with Gasteiger partial charge in [-0.2, -0.15) is 0 Å². The van der Waals surface area contributed by atoms with Crippen molar-refractivity contribution in [1.82, 2.24) is 5.32 Å². The van der Waals surface area contributed by atoms with E-state index in [1.54, 1.807) is 7.11 Å². The second-order valence-electron chi connectivity index (χ2n) is 3.48. The lowest BCUT2D eigenvalue weighted by atomic mass is 9.85. The first-order valence-electron chi connectivity index (χ1n) is 4.72. The Labute approximate surface area is 87.5 Å². The third-order valence-electron chi connectivity index (χ3n) is 2.35. The van der Waals surface area contributed by atoms with E-state index in [0.29, 0.717) is 19.6 Å². The fourth-order valence-corrected chi connectivity index (χ4v) is 1.25. The van der Waals surface area contributed by atoms with Gasteiger partial charge in [-0.15, -0.1) is 0 Å². The molecule has 1 amide bonds. The summed E-state index contributed by atoms with van der Waals surface area (Å²) in [5.41, 5.74) is -1.37. The van der Waals surface area contributed by atoms with Crippen LogP contribution in [0.3, 0.4) is 0 Å². The lowest BCUT2D eigenvalue weighted by molar-refractivity contribution is -0.185.